The smallest absolute Gasteiger partial charge is 0.258 e. The number of amides is 4. The highest BCUT2D eigenvalue weighted by Crippen LogP contribution is 2.27. The van der Waals surface area contributed by atoms with Gasteiger partial charge in [-0.25, -0.2) is 9.80 Å². The number of carbonyl (C=O) groups is 4. The zero-order chi connectivity index (χ0) is 18.3. The number of carbonyl (C=O) groups excluding carboxylic acids is 4. The Morgan fingerprint density at radius 2 is 0.923 bits per heavy atom. The first-order chi connectivity index (χ1) is 12.5. The summed E-state index contributed by atoms with van der Waals surface area (Å²) in [6, 6.07) is 6.16. The maximum Gasteiger partial charge on any atom is 0.258 e. The van der Waals surface area contributed by atoms with E-state index >= 15 is 0 Å². The second kappa shape index (κ2) is 5.85. The SMILES string of the molecule is O=C1C=CC(=O)N1c1ccnc(-c2cc(N3C(=O)C=CC3=O)ccn2)c1. The van der Waals surface area contributed by atoms with Crippen molar-refractivity contribution in [2.45, 2.75) is 0 Å². The number of aromatic nitrogens is 2. The molecular weight excluding hydrogens is 336 g/mol. The average molecular weight is 346 g/mol. The van der Waals surface area contributed by atoms with E-state index < -0.39 is 23.6 Å². The maximum absolute atomic E-state index is 11.8. The molecule has 0 unspecified atom stereocenters. The molecule has 2 aromatic heterocycles. The fourth-order valence-electron chi connectivity index (χ4n) is 2.71. The second-order valence-corrected chi connectivity index (χ2v) is 5.49. The third-order valence-corrected chi connectivity index (χ3v) is 3.88. The summed E-state index contributed by atoms with van der Waals surface area (Å²) in [5, 5.41) is 0. The first-order valence-corrected chi connectivity index (χ1v) is 7.59. The van der Waals surface area contributed by atoms with E-state index in [9.17, 15) is 19.2 Å². The molecule has 4 amide bonds. The molecule has 4 rings (SSSR count). The Morgan fingerprint density at radius 3 is 1.27 bits per heavy atom. The van der Waals surface area contributed by atoms with Gasteiger partial charge in [0.25, 0.3) is 23.6 Å². The van der Waals surface area contributed by atoms with Crippen LogP contribution >= 0.6 is 0 Å². The molecule has 4 heterocycles. The van der Waals surface area contributed by atoms with Crippen LogP contribution in [0, 0.1) is 0 Å². The molecule has 2 aromatic rings. The van der Waals surface area contributed by atoms with E-state index in [0.29, 0.717) is 22.8 Å². The lowest BCUT2D eigenvalue weighted by molar-refractivity contribution is -0.121. The van der Waals surface area contributed by atoms with Gasteiger partial charge in [-0.15, -0.1) is 0 Å². The maximum atomic E-state index is 11.8. The van der Waals surface area contributed by atoms with E-state index in [1.807, 2.05) is 0 Å². The third-order valence-electron chi connectivity index (χ3n) is 3.88. The van der Waals surface area contributed by atoms with Gasteiger partial charge in [0, 0.05) is 36.7 Å². The predicted molar refractivity (Wildman–Crippen MR) is 90.7 cm³/mol. The summed E-state index contributed by atoms with van der Waals surface area (Å²) in [7, 11) is 0. The first-order valence-electron chi connectivity index (χ1n) is 7.59. The Hall–Kier alpha value is -3.94. The summed E-state index contributed by atoms with van der Waals surface area (Å²) >= 11 is 0. The van der Waals surface area contributed by atoms with Crippen molar-refractivity contribution >= 4 is 35.0 Å². The van der Waals surface area contributed by atoms with Crippen LogP contribution in [0.1, 0.15) is 0 Å². The lowest BCUT2D eigenvalue weighted by atomic mass is 10.2. The number of nitrogens with zero attached hydrogens (tertiary/aromatic N) is 4. The molecule has 0 fully saturated rings. The van der Waals surface area contributed by atoms with Crippen LogP contribution in [0.2, 0.25) is 0 Å². The van der Waals surface area contributed by atoms with Crippen LogP contribution in [0.25, 0.3) is 11.4 Å². The fourth-order valence-corrected chi connectivity index (χ4v) is 2.71. The van der Waals surface area contributed by atoms with Crippen LogP contribution in [-0.4, -0.2) is 33.6 Å². The summed E-state index contributed by atoms with van der Waals surface area (Å²) < 4.78 is 0. The number of imide groups is 2. The second-order valence-electron chi connectivity index (χ2n) is 5.49. The van der Waals surface area contributed by atoms with E-state index in [4.69, 9.17) is 0 Å². The Morgan fingerprint density at radius 1 is 0.577 bits per heavy atom. The zero-order valence-corrected chi connectivity index (χ0v) is 13.2. The molecule has 0 spiro atoms. The van der Waals surface area contributed by atoms with Gasteiger partial charge >= 0.3 is 0 Å². The Kier molecular flexibility index (Phi) is 3.51. The van der Waals surface area contributed by atoms with Crippen molar-refractivity contribution in [1.29, 1.82) is 0 Å². The number of anilines is 2. The zero-order valence-electron chi connectivity index (χ0n) is 13.2. The molecule has 0 aliphatic carbocycles. The van der Waals surface area contributed by atoms with Gasteiger partial charge in [0.05, 0.1) is 22.8 Å². The van der Waals surface area contributed by atoms with Crippen molar-refractivity contribution in [1.82, 2.24) is 9.97 Å². The van der Waals surface area contributed by atoms with Crippen LogP contribution in [0.5, 0.6) is 0 Å². The van der Waals surface area contributed by atoms with Gasteiger partial charge in [-0.05, 0) is 24.3 Å². The van der Waals surface area contributed by atoms with Crippen molar-refractivity contribution in [3.63, 3.8) is 0 Å². The monoisotopic (exact) mass is 346 g/mol. The molecule has 2 aliphatic heterocycles. The molecule has 8 nitrogen and oxygen atoms in total. The number of hydrogen-bond donors (Lipinski definition) is 0. The van der Waals surface area contributed by atoms with Gasteiger partial charge < -0.3 is 0 Å². The lowest BCUT2D eigenvalue weighted by Gasteiger charge is -2.16. The molecule has 8 heteroatoms. The Balaban J connectivity index is 1.71. The molecule has 2 aliphatic rings. The minimum atomic E-state index is -0.437. The molecule has 0 saturated carbocycles. The van der Waals surface area contributed by atoms with Gasteiger partial charge in [-0.1, -0.05) is 0 Å². The van der Waals surface area contributed by atoms with Crippen molar-refractivity contribution in [2.75, 3.05) is 9.80 Å². The molecule has 26 heavy (non-hydrogen) atoms. The average Bonchev–Trinajstić information content (AvgIpc) is 3.16. The summed E-state index contributed by atoms with van der Waals surface area (Å²) in [4.78, 5) is 57.7. The van der Waals surface area contributed by atoms with Crippen molar-refractivity contribution < 1.29 is 19.2 Å². The van der Waals surface area contributed by atoms with E-state index in [1.165, 1.54) is 48.8 Å². The summed E-state index contributed by atoms with van der Waals surface area (Å²) in [5.41, 5.74) is 1.50. The van der Waals surface area contributed by atoms with Gasteiger partial charge in [-0.2, -0.15) is 0 Å². The van der Waals surface area contributed by atoms with Crippen molar-refractivity contribution in [3.05, 3.63) is 61.0 Å². The largest absolute Gasteiger partial charge is 0.269 e. The summed E-state index contributed by atoms with van der Waals surface area (Å²) in [6.07, 6.45) is 7.67. The quantitative estimate of drug-likeness (QED) is 0.769. The molecule has 0 atom stereocenters. The molecule has 0 radical (unpaired) electrons. The number of pyridine rings is 2. The minimum Gasteiger partial charge on any atom is -0.269 e. The highest BCUT2D eigenvalue weighted by molar-refractivity contribution is 6.29. The van der Waals surface area contributed by atoms with E-state index in [-0.39, 0.29) is 0 Å². The lowest BCUT2D eigenvalue weighted by Crippen LogP contribution is -2.29. The van der Waals surface area contributed by atoms with Crippen LogP contribution in [0.3, 0.4) is 0 Å². The highest BCUT2D eigenvalue weighted by Gasteiger charge is 2.27. The van der Waals surface area contributed by atoms with Gasteiger partial charge in [-0.3, -0.25) is 29.1 Å². The predicted octanol–water partition coefficient (Wildman–Crippen LogP) is 1.00. The Bertz CT molecular complexity index is 921. The van der Waals surface area contributed by atoms with E-state index in [2.05, 4.69) is 9.97 Å². The third kappa shape index (κ3) is 2.49. The first kappa shape index (κ1) is 15.6. The standard InChI is InChI=1S/C18H10N4O4/c23-15-1-2-16(24)21(15)11-5-7-19-13(9-11)14-10-12(6-8-20-14)22-17(25)3-4-18(22)26/h1-10H. The highest BCUT2D eigenvalue weighted by atomic mass is 16.2. The molecule has 0 N–H and O–H groups in total. The van der Waals surface area contributed by atoms with Crippen LogP contribution in [0.4, 0.5) is 11.4 Å². The van der Waals surface area contributed by atoms with Gasteiger partial charge in [0.15, 0.2) is 0 Å². The van der Waals surface area contributed by atoms with Crippen molar-refractivity contribution in [3.8, 4) is 11.4 Å². The molecule has 126 valence electrons. The Labute approximate surface area is 147 Å². The van der Waals surface area contributed by atoms with E-state index in [1.54, 1.807) is 12.1 Å². The van der Waals surface area contributed by atoms with E-state index in [0.717, 1.165) is 9.80 Å². The number of rotatable bonds is 3. The normalized spacial score (nSPS) is 16.3. The fraction of sp³-hybridized carbons (Fsp3) is 0. The van der Waals surface area contributed by atoms with Crippen LogP contribution in [0.15, 0.2) is 61.0 Å². The summed E-state index contributed by atoms with van der Waals surface area (Å²) in [5.74, 6) is -1.75. The molecular formula is C18H10N4O4. The van der Waals surface area contributed by atoms with Gasteiger partial charge in [0.2, 0.25) is 0 Å². The topological polar surface area (TPSA) is 101 Å². The minimum absolute atomic E-state index is 0.359. The molecule has 0 bridgehead atoms. The van der Waals surface area contributed by atoms with Crippen LogP contribution in [-0.2, 0) is 19.2 Å². The van der Waals surface area contributed by atoms with Gasteiger partial charge in [0.1, 0.15) is 0 Å². The van der Waals surface area contributed by atoms with Crippen molar-refractivity contribution in [2.24, 2.45) is 0 Å². The number of hydrogen-bond acceptors (Lipinski definition) is 6. The molecule has 0 aromatic carbocycles. The summed E-state index contributed by atoms with van der Waals surface area (Å²) in [6.45, 7) is 0. The van der Waals surface area contributed by atoms with Crippen LogP contribution < -0.4 is 9.80 Å². The molecule has 0 saturated heterocycles.